The van der Waals surface area contributed by atoms with Crippen LogP contribution in [0.4, 0.5) is 0 Å². The van der Waals surface area contributed by atoms with Gasteiger partial charge in [-0.3, -0.25) is 19.3 Å². The monoisotopic (exact) mass is 252 g/mol. The number of esters is 1. The Morgan fingerprint density at radius 1 is 1.33 bits per heavy atom. The second-order valence-corrected chi connectivity index (χ2v) is 5.45. The van der Waals surface area contributed by atoms with Crippen LogP contribution in [-0.2, 0) is 19.1 Å². The number of methoxy groups -OCH3 is 1. The summed E-state index contributed by atoms with van der Waals surface area (Å²) in [5.74, 6) is -1.22. The fourth-order valence-corrected chi connectivity index (χ4v) is 3.92. The van der Waals surface area contributed by atoms with Gasteiger partial charge in [-0.05, 0) is 24.7 Å². The predicted molar refractivity (Wildman–Crippen MR) is 59.9 cm³/mol. The third-order valence-corrected chi connectivity index (χ3v) is 4.67. The molecule has 2 aliphatic carbocycles. The number of fused-ring (bicyclic) bond motifs is 5. The molecule has 2 bridgehead atoms. The second kappa shape index (κ2) is 3.78. The highest BCUT2D eigenvalue weighted by Crippen LogP contribution is 2.55. The standard InChI is InChI=1S/C12H16N2O4/c1-18-8(15)4-14-11(16)9-5-2-6(7(13)3-5)10(9)12(14)17/h5-7,9-10H,2-4,13H2,1H3. The minimum absolute atomic E-state index is 0.0195. The van der Waals surface area contributed by atoms with Crippen LogP contribution in [0.3, 0.4) is 0 Å². The number of carbonyl (C=O) groups is 3. The fraction of sp³-hybridized carbons (Fsp3) is 0.750. The van der Waals surface area contributed by atoms with Gasteiger partial charge >= 0.3 is 5.97 Å². The molecule has 1 aliphatic heterocycles. The van der Waals surface area contributed by atoms with E-state index in [4.69, 9.17) is 5.73 Å². The molecule has 1 heterocycles. The summed E-state index contributed by atoms with van der Waals surface area (Å²) >= 11 is 0. The first-order valence-electron chi connectivity index (χ1n) is 6.22. The van der Waals surface area contributed by atoms with Crippen molar-refractivity contribution in [2.45, 2.75) is 18.9 Å². The van der Waals surface area contributed by atoms with Crippen LogP contribution >= 0.6 is 0 Å². The molecule has 6 heteroatoms. The molecule has 1 saturated heterocycles. The lowest BCUT2D eigenvalue weighted by Crippen LogP contribution is -2.39. The lowest BCUT2D eigenvalue weighted by Gasteiger charge is -2.25. The second-order valence-electron chi connectivity index (χ2n) is 5.45. The zero-order valence-electron chi connectivity index (χ0n) is 10.2. The summed E-state index contributed by atoms with van der Waals surface area (Å²) in [5, 5.41) is 0. The Morgan fingerprint density at radius 3 is 2.67 bits per heavy atom. The molecule has 5 unspecified atom stereocenters. The third-order valence-electron chi connectivity index (χ3n) is 4.67. The minimum Gasteiger partial charge on any atom is -0.468 e. The summed E-state index contributed by atoms with van der Waals surface area (Å²) in [6.45, 7) is -0.268. The summed E-state index contributed by atoms with van der Waals surface area (Å²) in [4.78, 5) is 36.7. The maximum Gasteiger partial charge on any atom is 0.325 e. The topological polar surface area (TPSA) is 89.7 Å². The molecule has 2 amide bonds. The van der Waals surface area contributed by atoms with Crippen LogP contribution in [0, 0.1) is 23.7 Å². The first-order valence-corrected chi connectivity index (χ1v) is 6.22. The van der Waals surface area contributed by atoms with E-state index < -0.39 is 5.97 Å². The summed E-state index contributed by atoms with van der Waals surface area (Å²) in [6, 6.07) is 0.0195. The maximum absolute atomic E-state index is 12.2. The molecule has 3 rings (SSSR count). The number of carbonyl (C=O) groups excluding carboxylic acids is 3. The quantitative estimate of drug-likeness (QED) is 0.509. The van der Waals surface area contributed by atoms with Crippen molar-refractivity contribution in [2.24, 2.45) is 29.4 Å². The van der Waals surface area contributed by atoms with Crippen molar-refractivity contribution in [3.8, 4) is 0 Å². The number of nitrogens with zero attached hydrogens (tertiary/aromatic N) is 1. The Morgan fingerprint density at radius 2 is 2.00 bits per heavy atom. The molecule has 3 aliphatic rings. The summed E-state index contributed by atoms with van der Waals surface area (Å²) < 4.78 is 4.51. The number of hydrogen-bond donors (Lipinski definition) is 1. The SMILES string of the molecule is COC(=O)CN1C(=O)C2C3CC(N)C(C3)C2C1=O. The van der Waals surface area contributed by atoms with Gasteiger partial charge in [0.15, 0.2) is 0 Å². The molecule has 0 radical (unpaired) electrons. The number of rotatable bonds is 2. The lowest BCUT2D eigenvalue weighted by atomic mass is 9.79. The highest BCUT2D eigenvalue weighted by Gasteiger charge is 2.63. The molecule has 98 valence electrons. The van der Waals surface area contributed by atoms with Crippen LogP contribution in [0.2, 0.25) is 0 Å². The smallest absolute Gasteiger partial charge is 0.325 e. The third kappa shape index (κ3) is 1.35. The molecule has 0 aromatic carbocycles. The fourth-order valence-electron chi connectivity index (χ4n) is 3.92. The average Bonchev–Trinajstić information content (AvgIpc) is 2.95. The first kappa shape index (κ1) is 11.6. The average molecular weight is 252 g/mol. The number of ether oxygens (including phenoxy) is 1. The van der Waals surface area contributed by atoms with Crippen molar-refractivity contribution in [2.75, 3.05) is 13.7 Å². The van der Waals surface area contributed by atoms with Gasteiger partial charge in [-0.2, -0.15) is 0 Å². The molecule has 0 spiro atoms. The highest BCUT2D eigenvalue weighted by atomic mass is 16.5. The number of amides is 2. The van der Waals surface area contributed by atoms with Gasteiger partial charge in [-0.1, -0.05) is 0 Å². The number of nitrogens with two attached hydrogens (primary N) is 1. The van der Waals surface area contributed by atoms with Crippen molar-refractivity contribution in [1.82, 2.24) is 4.90 Å². The van der Waals surface area contributed by atoms with E-state index in [0.29, 0.717) is 0 Å². The first-order chi connectivity index (χ1) is 8.54. The zero-order valence-corrected chi connectivity index (χ0v) is 10.2. The summed E-state index contributed by atoms with van der Waals surface area (Å²) in [7, 11) is 1.24. The van der Waals surface area contributed by atoms with Gasteiger partial charge in [0, 0.05) is 6.04 Å². The lowest BCUT2D eigenvalue weighted by molar-refractivity contribution is -0.151. The van der Waals surface area contributed by atoms with Crippen LogP contribution in [0.15, 0.2) is 0 Å². The van der Waals surface area contributed by atoms with Crippen LogP contribution in [-0.4, -0.2) is 42.4 Å². The maximum atomic E-state index is 12.2. The van der Waals surface area contributed by atoms with Crippen molar-refractivity contribution in [1.29, 1.82) is 0 Å². The van der Waals surface area contributed by atoms with Crippen molar-refractivity contribution >= 4 is 17.8 Å². The Labute approximate surface area is 104 Å². The molecule has 18 heavy (non-hydrogen) atoms. The van der Waals surface area contributed by atoms with Crippen molar-refractivity contribution in [3.63, 3.8) is 0 Å². The Hall–Kier alpha value is -1.43. The Bertz CT molecular complexity index is 436. The van der Waals surface area contributed by atoms with Gasteiger partial charge < -0.3 is 10.5 Å². The van der Waals surface area contributed by atoms with Crippen LogP contribution < -0.4 is 5.73 Å². The van der Waals surface area contributed by atoms with Crippen LogP contribution in [0.1, 0.15) is 12.8 Å². The van der Waals surface area contributed by atoms with E-state index in [-0.39, 0.29) is 48.1 Å². The van der Waals surface area contributed by atoms with Gasteiger partial charge in [-0.25, -0.2) is 0 Å². The minimum atomic E-state index is -0.562. The largest absolute Gasteiger partial charge is 0.468 e. The molecule has 2 N–H and O–H groups in total. The number of imide groups is 1. The zero-order chi connectivity index (χ0) is 13.0. The van der Waals surface area contributed by atoms with E-state index in [2.05, 4.69) is 4.74 Å². The van der Waals surface area contributed by atoms with E-state index in [9.17, 15) is 14.4 Å². The molecule has 3 fully saturated rings. The van der Waals surface area contributed by atoms with Gasteiger partial charge in [0.1, 0.15) is 6.54 Å². The van der Waals surface area contributed by atoms with Crippen molar-refractivity contribution < 1.29 is 19.1 Å². The Balaban J connectivity index is 1.84. The van der Waals surface area contributed by atoms with Crippen molar-refractivity contribution in [3.05, 3.63) is 0 Å². The predicted octanol–water partition coefficient (Wildman–Crippen LogP) is -0.872. The van der Waals surface area contributed by atoms with E-state index in [1.54, 1.807) is 0 Å². The molecule has 0 aromatic rings. The Kier molecular flexibility index (Phi) is 2.45. The van der Waals surface area contributed by atoms with Gasteiger partial charge in [0.25, 0.3) is 0 Å². The molecule has 2 saturated carbocycles. The number of likely N-dealkylation sites (tertiary alicyclic amines) is 1. The molecule has 6 nitrogen and oxygen atoms in total. The molecule has 5 atom stereocenters. The normalized spacial score (nSPS) is 41.4. The summed E-state index contributed by atoms with van der Waals surface area (Å²) in [5.41, 5.74) is 5.98. The summed E-state index contributed by atoms with van der Waals surface area (Å²) in [6.07, 6.45) is 1.69. The molecular weight excluding hydrogens is 236 g/mol. The number of hydrogen-bond acceptors (Lipinski definition) is 5. The van der Waals surface area contributed by atoms with E-state index in [1.807, 2.05) is 0 Å². The molecule has 0 aromatic heterocycles. The molecular formula is C12H16N2O4. The van der Waals surface area contributed by atoms with Crippen LogP contribution in [0.5, 0.6) is 0 Å². The van der Waals surface area contributed by atoms with E-state index >= 15 is 0 Å². The van der Waals surface area contributed by atoms with E-state index in [1.165, 1.54) is 7.11 Å². The van der Waals surface area contributed by atoms with Crippen LogP contribution in [0.25, 0.3) is 0 Å². The van der Waals surface area contributed by atoms with E-state index in [0.717, 1.165) is 17.7 Å². The highest BCUT2D eigenvalue weighted by molar-refractivity contribution is 6.07. The van der Waals surface area contributed by atoms with Gasteiger partial charge in [0.2, 0.25) is 11.8 Å². The van der Waals surface area contributed by atoms with Gasteiger partial charge in [-0.15, -0.1) is 0 Å². The van der Waals surface area contributed by atoms with Gasteiger partial charge in [0.05, 0.1) is 18.9 Å².